The Morgan fingerprint density at radius 2 is 1.55 bits per heavy atom. The maximum atomic E-state index is 13.3. The zero-order valence-electron chi connectivity index (χ0n) is 16.4. The van der Waals surface area contributed by atoms with Crippen molar-refractivity contribution in [3.63, 3.8) is 0 Å². The lowest BCUT2D eigenvalue weighted by molar-refractivity contribution is -0.133. The number of benzene rings is 3. The summed E-state index contributed by atoms with van der Waals surface area (Å²) < 4.78 is 7.15. The first-order valence-corrected chi connectivity index (χ1v) is 9.50. The van der Waals surface area contributed by atoms with Gasteiger partial charge in [-0.2, -0.15) is 0 Å². The van der Waals surface area contributed by atoms with Crippen LogP contribution in [0.25, 0.3) is 10.9 Å². The van der Waals surface area contributed by atoms with Gasteiger partial charge in [-0.05, 0) is 49.7 Å². The maximum Gasteiger partial charge on any atom is 0.317 e. The van der Waals surface area contributed by atoms with Crippen LogP contribution in [0.15, 0.2) is 78.9 Å². The van der Waals surface area contributed by atoms with E-state index in [0.29, 0.717) is 17.0 Å². The van der Waals surface area contributed by atoms with Gasteiger partial charge < -0.3 is 4.74 Å². The number of para-hydroxylation sites is 2. The highest BCUT2D eigenvalue weighted by Gasteiger charge is 2.19. The summed E-state index contributed by atoms with van der Waals surface area (Å²) in [4.78, 5) is 25.9. The fourth-order valence-electron chi connectivity index (χ4n) is 3.38. The standard InChI is InChI=1S/C25H21NO3/c1-17-11-13-19(14-12-17)25(28)26-21(15-20-8-4-5-9-22(20)26)16-24(27)29-23-10-6-3-7-18(23)2/h3-15H,16H2,1-2H3. The van der Waals surface area contributed by atoms with Crippen LogP contribution in [0.3, 0.4) is 0 Å². The van der Waals surface area contributed by atoms with Crippen LogP contribution in [0.4, 0.5) is 0 Å². The molecule has 4 rings (SSSR count). The average molecular weight is 383 g/mol. The Bertz CT molecular complexity index is 1200. The molecule has 0 spiro atoms. The minimum atomic E-state index is -0.403. The Labute approximate surface area is 169 Å². The largest absolute Gasteiger partial charge is 0.426 e. The smallest absolute Gasteiger partial charge is 0.317 e. The molecule has 4 nitrogen and oxygen atoms in total. The van der Waals surface area contributed by atoms with Crippen LogP contribution in [0.2, 0.25) is 0 Å². The molecule has 0 radical (unpaired) electrons. The fourth-order valence-corrected chi connectivity index (χ4v) is 3.38. The number of esters is 1. The zero-order valence-corrected chi connectivity index (χ0v) is 16.4. The second kappa shape index (κ2) is 7.76. The molecule has 4 aromatic rings. The number of carbonyl (C=O) groups excluding carboxylic acids is 2. The lowest BCUT2D eigenvalue weighted by atomic mass is 10.1. The van der Waals surface area contributed by atoms with Crippen LogP contribution in [-0.2, 0) is 11.2 Å². The van der Waals surface area contributed by atoms with Crippen molar-refractivity contribution >= 4 is 22.8 Å². The van der Waals surface area contributed by atoms with Gasteiger partial charge in [0.1, 0.15) is 5.75 Å². The summed E-state index contributed by atoms with van der Waals surface area (Å²) in [5, 5.41) is 0.909. The number of ether oxygens (including phenoxy) is 1. The molecule has 0 aliphatic carbocycles. The molecule has 0 N–H and O–H groups in total. The van der Waals surface area contributed by atoms with E-state index >= 15 is 0 Å². The Morgan fingerprint density at radius 1 is 0.862 bits per heavy atom. The highest BCUT2D eigenvalue weighted by Crippen LogP contribution is 2.23. The molecule has 29 heavy (non-hydrogen) atoms. The quantitative estimate of drug-likeness (QED) is 0.364. The molecule has 0 aliphatic rings. The van der Waals surface area contributed by atoms with Gasteiger partial charge in [-0.1, -0.05) is 54.1 Å². The van der Waals surface area contributed by atoms with Gasteiger partial charge in [0.2, 0.25) is 0 Å². The van der Waals surface area contributed by atoms with E-state index in [4.69, 9.17) is 4.74 Å². The van der Waals surface area contributed by atoms with Gasteiger partial charge in [0, 0.05) is 16.6 Å². The molecular weight excluding hydrogens is 362 g/mol. The van der Waals surface area contributed by atoms with Crippen LogP contribution in [0.1, 0.15) is 27.2 Å². The van der Waals surface area contributed by atoms with Crippen molar-refractivity contribution in [3.8, 4) is 5.75 Å². The summed E-state index contributed by atoms with van der Waals surface area (Å²) >= 11 is 0. The molecule has 3 aromatic carbocycles. The third kappa shape index (κ3) is 3.83. The van der Waals surface area contributed by atoms with Gasteiger partial charge in [-0.15, -0.1) is 0 Å². The second-order valence-electron chi connectivity index (χ2n) is 7.12. The number of rotatable bonds is 4. The van der Waals surface area contributed by atoms with Crippen molar-refractivity contribution < 1.29 is 14.3 Å². The Morgan fingerprint density at radius 3 is 2.31 bits per heavy atom. The molecule has 144 valence electrons. The molecule has 4 heteroatoms. The number of aryl methyl sites for hydroxylation is 2. The third-order valence-corrected chi connectivity index (χ3v) is 4.93. The van der Waals surface area contributed by atoms with Gasteiger partial charge in [0.05, 0.1) is 11.9 Å². The third-order valence-electron chi connectivity index (χ3n) is 4.93. The molecule has 0 saturated carbocycles. The van der Waals surface area contributed by atoms with Crippen molar-refractivity contribution in [2.24, 2.45) is 0 Å². The van der Waals surface area contributed by atoms with Gasteiger partial charge in [-0.3, -0.25) is 14.2 Å². The number of hydrogen-bond acceptors (Lipinski definition) is 3. The summed E-state index contributed by atoms with van der Waals surface area (Å²) in [5.41, 5.74) is 3.93. The summed E-state index contributed by atoms with van der Waals surface area (Å²) in [5.74, 6) is -0.0324. The minimum Gasteiger partial charge on any atom is -0.426 e. The highest BCUT2D eigenvalue weighted by molar-refractivity contribution is 6.03. The van der Waals surface area contributed by atoms with E-state index in [1.807, 2.05) is 86.6 Å². The Hall–Kier alpha value is -3.66. The van der Waals surface area contributed by atoms with Gasteiger partial charge >= 0.3 is 5.97 Å². The molecule has 1 aromatic heterocycles. The molecular formula is C25H21NO3. The van der Waals surface area contributed by atoms with E-state index in [1.54, 1.807) is 10.6 Å². The van der Waals surface area contributed by atoms with Crippen LogP contribution in [0.5, 0.6) is 5.75 Å². The number of aromatic nitrogens is 1. The monoisotopic (exact) mass is 383 g/mol. The average Bonchev–Trinajstić information content (AvgIpc) is 3.07. The molecule has 0 atom stereocenters. The topological polar surface area (TPSA) is 48.3 Å². The van der Waals surface area contributed by atoms with Crippen molar-refractivity contribution in [1.29, 1.82) is 0 Å². The van der Waals surface area contributed by atoms with E-state index < -0.39 is 5.97 Å². The number of carbonyl (C=O) groups is 2. The first-order valence-electron chi connectivity index (χ1n) is 9.50. The lowest BCUT2D eigenvalue weighted by Crippen LogP contribution is -2.19. The van der Waals surface area contributed by atoms with E-state index in [0.717, 1.165) is 22.0 Å². The van der Waals surface area contributed by atoms with E-state index in [9.17, 15) is 9.59 Å². The number of hydrogen-bond donors (Lipinski definition) is 0. The van der Waals surface area contributed by atoms with Crippen molar-refractivity contribution in [1.82, 2.24) is 4.57 Å². The molecule has 0 aliphatic heterocycles. The van der Waals surface area contributed by atoms with Gasteiger partial charge in [0.25, 0.3) is 5.91 Å². The van der Waals surface area contributed by atoms with Crippen molar-refractivity contribution in [3.05, 3.63) is 101 Å². The van der Waals surface area contributed by atoms with E-state index in [2.05, 4.69) is 0 Å². The zero-order chi connectivity index (χ0) is 20.4. The van der Waals surface area contributed by atoms with Crippen molar-refractivity contribution in [2.45, 2.75) is 20.3 Å². The van der Waals surface area contributed by atoms with E-state index in [1.165, 1.54) is 0 Å². The second-order valence-corrected chi connectivity index (χ2v) is 7.12. The summed E-state index contributed by atoms with van der Waals surface area (Å²) in [6.07, 6.45) is 0.000611. The molecule has 0 saturated heterocycles. The predicted octanol–water partition coefficient (Wildman–Crippen LogP) is 5.09. The lowest BCUT2D eigenvalue weighted by Gasteiger charge is -2.11. The summed E-state index contributed by atoms with van der Waals surface area (Å²) in [6.45, 7) is 3.87. The fraction of sp³-hybridized carbons (Fsp3) is 0.120. The van der Waals surface area contributed by atoms with Crippen LogP contribution in [-0.4, -0.2) is 16.4 Å². The number of fused-ring (bicyclic) bond motifs is 1. The normalized spacial score (nSPS) is 10.8. The molecule has 0 fully saturated rings. The number of nitrogens with zero attached hydrogens (tertiary/aromatic N) is 1. The van der Waals surface area contributed by atoms with Crippen LogP contribution in [0, 0.1) is 13.8 Å². The Balaban J connectivity index is 1.70. The molecule has 1 heterocycles. The van der Waals surface area contributed by atoms with Crippen LogP contribution < -0.4 is 4.74 Å². The first-order chi connectivity index (χ1) is 14.0. The van der Waals surface area contributed by atoms with Crippen molar-refractivity contribution in [2.75, 3.05) is 0 Å². The van der Waals surface area contributed by atoms with E-state index in [-0.39, 0.29) is 12.3 Å². The maximum absolute atomic E-state index is 13.3. The summed E-state index contributed by atoms with van der Waals surface area (Å²) in [6, 6.07) is 24.3. The highest BCUT2D eigenvalue weighted by atomic mass is 16.5. The summed E-state index contributed by atoms with van der Waals surface area (Å²) in [7, 11) is 0. The molecule has 0 bridgehead atoms. The minimum absolute atomic E-state index is 0.000611. The molecule has 0 unspecified atom stereocenters. The molecule has 0 amide bonds. The first kappa shape index (κ1) is 18.7. The van der Waals surface area contributed by atoms with Crippen LogP contribution >= 0.6 is 0 Å². The van der Waals surface area contributed by atoms with Gasteiger partial charge in [-0.25, -0.2) is 0 Å². The van der Waals surface area contributed by atoms with Gasteiger partial charge in [0.15, 0.2) is 0 Å². The SMILES string of the molecule is Cc1ccc(C(=O)n2c(CC(=O)Oc3ccccc3C)cc3ccccc32)cc1. The predicted molar refractivity (Wildman–Crippen MR) is 113 cm³/mol. The Kier molecular flexibility index (Phi) is 5.00.